The molecular formula is C18H18N6O2. The van der Waals surface area contributed by atoms with E-state index in [9.17, 15) is 10.2 Å². The lowest BCUT2D eigenvalue weighted by Crippen LogP contribution is -2.13. The van der Waals surface area contributed by atoms with Crippen molar-refractivity contribution in [2.45, 2.75) is 19.2 Å². The molecule has 0 unspecified atom stereocenters. The highest BCUT2D eigenvalue weighted by Crippen LogP contribution is 2.19. The van der Waals surface area contributed by atoms with Crippen LogP contribution in [0.2, 0.25) is 0 Å². The van der Waals surface area contributed by atoms with E-state index in [-0.39, 0.29) is 19.0 Å². The van der Waals surface area contributed by atoms with Crippen molar-refractivity contribution in [3.8, 4) is 0 Å². The van der Waals surface area contributed by atoms with Crippen LogP contribution in [0.15, 0.2) is 54.6 Å². The van der Waals surface area contributed by atoms with E-state index >= 15 is 0 Å². The third kappa shape index (κ3) is 3.19. The lowest BCUT2D eigenvalue weighted by molar-refractivity contribution is 0.208. The second kappa shape index (κ2) is 7.03. The quantitative estimate of drug-likeness (QED) is 0.541. The molecule has 0 saturated carbocycles. The second-order valence-corrected chi connectivity index (χ2v) is 5.87. The predicted octanol–water partition coefficient (Wildman–Crippen LogP) is 1.15. The Kier molecular flexibility index (Phi) is 4.42. The SMILES string of the molecule is OCCn1nc([C@@H](O)c2ccccc2)nc1Cn1nc2ccccc2n1. The highest BCUT2D eigenvalue weighted by molar-refractivity contribution is 5.72. The highest BCUT2D eigenvalue weighted by Gasteiger charge is 2.19. The van der Waals surface area contributed by atoms with Gasteiger partial charge in [-0.25, -0.2) is 9.67 Å². The molecule has 0 aliphatic carbocycles. The van der Waals surface area contributed by atoms with Crippen LogP contribution >= 0.6 is 0 Å². The zero-order valence-corrected chi connectivity index (χ0v) is 14.0. The minimum Gasteiger partial charge on any atom is -0.394 e. The van der Waals surface area contributed by atoms with E-state index in [0.29, 0.717) is 17.9 Å². The van der Waals surface area contributed by atoms with Gasteiger partial charge in [0.15, 0.2) is 11.6 Å². The summed E-state index contributed by atoms with van der Waals surface area (Å²) in [7, 11) is 0. The summed E-state index contributed by atoms with van der Waals surface area (Å²) < 4.78 is 1.58. The van der Waals surface area contributed by atoms with Crippen LogP contribution in [0, 0.1) is 0 Å². The van der Waals surface area contributed by atoms with Crippen LogP contribution in [-0.2, 0) is 13.1 Å². The van der Waals surface area contributed by atoms with Crippen LogP contribution in [0.25, 0.3) is 11.0 Å². The lowest BCUT2D eigenvalue weighted by Gasteiger charge is -2.05. The first kappa shape index (κ1) is 16.4. The average Bonchev–Trinajstić information content (AvgIpc) is 3.26. The molecule has 0 aliphatic heterocycles. The van der Waals surface area contributed by atoms with Gasteiger partial charge in [0.2, 0.25) is 0 Å². The highest BCUT2D eigenvalue weighted by atomic mass is 16.3. The van der Waals surface area contributed by atoms with Crippen molar-refractivity contribution in [1.29, 1.82) is 0 Å². The zero-order valence-electron chi connectivity index (χ0n) is 14.0. The van der Waals surface area contributed by atoms with E-state index in [1.165, 1.54) is 0 Å². The number of nitrogens with zero attached hydrogens (tertiary/aromatic N) is 6. The number of aliphatic hydroxyl groups excluding tert-OH is 2. The van der Waals surface area contributed by atoms with Crippen LogP contribution in [-0.4, -0.2) is 46.6 Å². The Bertz CT molecular complexity index is 978. The van der Waals surface area contributed by atoms with Gasteiger partial charge in [-0.1, -0.05) is 42.5 Å². The lowest BCUT2D eigenvalue weighted by atomic mass is 10.1. The summed E-state index contributed by atoms with van der Waals surface area (Å²) in [5, 5.41) is 33.0. The summed E-state index contributed by atoms with van der Waals surface area (Å²) in [5.41, 5.74) is 2.30. The Hall–Kier alpha value is -3.10. The van der Waals surface area contributed by atoms with Gasteiger partial charge in [-0.05, 0) is 17.7 Å². The number of fused-ring (bicyclic) bond motifs is 1. The summed E-state index contributed by atoms with van der Waals surface area (Å²) in [6, 6.07) is 16.8. The van der Waals surface area contributed by atoms with Gasteiger partial charge in [0.25, 0.3) is 0 Å². The molecule has 2 N–H and O–H groups in total. The molecular weight excluding hydrogens is 332 g/mol. The fourth-order valence-electron chi connectivity index (χ4n) is 2.79. The molecule has 4 rings (SSSR count). The predicted molar refractivity (Wildman–Crippen MR) is 94.2 cm³/mol. The molecule has 0 spiro atoms. The fraction of sp³-hybridized carbons (Fsp3) is 0.222. The van der Waals surface area contributed by atoms with Gasteiger partial charge < -0.3 is 10.2 Å². The molecule has 0 aliphatic rings. The second-order valence-electron chi connectivity index (χ2n) is 5.87. The molecule has 1 atom stereocenters. The summed E-state index contributed by atoms with van der Waals surface area (Å²) in [5.74, 6) is 0.862. The van der Waals surface area contributed by atoms with Crippen molar-refractivity contribution in [2.75, 3.05) is 6.61 Å². The maximum absolute atomic E-state index is 10.5. The van der Waals surface area contributed by atoms with Crippen LogP contribution in [0.4, 0.5) is 0 Å². The molecule has 0 bridgehead atoms. The molecule has 8 nitrogen and oxygen atoms in total. The van der Waals surface area contributed by atoms with Gasteiger partial charge >= 0.3 is 0 Å². The Morgan fingerprint density at radius 2 is 1.54 bits per heavy atom. The normalized spacial score (nSPS) is 12.5. The first-order valence-electron chi connectivity index (χ1n) is 8.32. The Balaban J connectivity index is 1.65. The van der Waals surface area contributed by atoms with E-state index in [2.05, 4.69) is 20.3 Å². The molecule has 0 amide bonds. The molecule has 132 valence electrons. The number of hydrogen-bond acceptors (Lipinski definition) is 6. The Morgan fingerprint density at radius 1 is 0.885 bits per heavy atom. The van der Waals surface area contributed by atoms with Crippen molar-refractivity contribution >= 4 is 11.0 Å². The number of benzene rings is 2. The first-order chi connectivity index (χ1) is 12.7. The molecule has 0 fully saturated rings. The molecule has 2 heterocycles. The average molecular weight is 350 g/mol. The summed E-state index contributed by atoms with van der Waals surface area (Å²) in [4.78, 5) is 6.00. The van der Waals surface area contributed by atoms with Crippen LogP contribution in [0.1, 0.15) is 23.3 Å². The molecule has 0 saturated heterocycles. The van der Waals surface area contributed by atoms with Crippen LogP contribution < -0.4 is 0 Å². The third-order valence-electron chi connectivity index (χ3n) is 4.05. The molecule has 2 aromatic heterocycles. The topological polar surface area (TPSA) is 102 Å². The minimum atomic E-state index is -0.931. The maximum atomic E-state index is 10.5. The molecule has 0 radical (unpaired) electrons. The summed E-state index contributed by atoms with van der Waals surface area (Å²) in [6.45, 7) is 0.500. The van der Waals surface area contributed by atoms with E-state index < -0.39 is 6.10 Å². The van der Waals surface area contributed by atoms with Crippen LogP contribution in [0.3, 0.4) is 0 Å². The largest absolute Gasteiger partial charge is 0.394 e. The number of aliphatic hydroxyl groups is 2. The monoisotopic (exact) mass is 350 g/mol. The summed E-state index contributed by atoms with van der Waals surface area (Å²) in [6.07, 6.45) is -0.931. The van der Waals surface area contributed by atoms with Gasteiger partial charge in [-0.3, -0.25) is 0 Å². The van der Waals surface area contributed by atoms with Gasteiger partial charge in [0.1, 0.15) is 23.7 Å². The van der Waals surface area contributed by atoms with Crippen molar-refractivity contribution in [3.63, 3.8) is 0 Å². The van der Waals surface area contributed by atoms with Crippen molar-refractivity contribution in [3.05, 3.63) is 71.8 Å². The fourth-order valence-corrected chi connectivity index (χ4v) is 2.79. The maximum Gasteiger partial charge on any atom is 0.184 e. The first-order valence-corrected chi connectivity index (χ1v) is 8.32. The van der Waals surface area contributed by atoms with Gasteiger partial charge in [-0.2, -0.15) is 20.1 Å². The Labute approximate surface area is 149 Å². The van der Waals surface area contributed by atoms with E-state index in [1.807, 2.05) is 54.6 Å². The Morgan fingerprint density at radius 3 is 2.19 bits per heavy atom. The van der Waals surface area contributed by atoms with Gasteiger partial charge in [0, 0.05) is 0 Å². The number of aromatic nitrogens is 6. The van der Waals surface area contributed by atoms with Crippen molar-refractivity contribution in [2.24, 2.45) is 0 Å². The smallest absolute Gasteiger partial charge is 0.184 e. The van der Waals surface area contributed by atoms with Gasteiger partial charge in [-0.15, -0.1) is 0 Å². The zero-order chi connectivity index (χ0) is 17.9. The minimum absolute atomic E-state index is 0.0776. The summed E-state index contributed by atoms with van der Waals surface area (Å²) >= 11 is 0. The standard InChI is InChI=1S/C18H18N6O2/c25-11-10-23-16(12-24-20-14-8-4-5-9-15(14)21-24)19-18(22-23)17(26)13-6-2-1-3-7-13/h1-9,17,25-26H,10-12H2/t17-/m0/s1. The molecule has 2 aromatic carbocycles. The number of rotatable bonds is 6. The van der Waals surface area contributed by atoms with Crippen LogP contribution in [0.5, 0.6) is 0 Å². The third-order valence-corrected chi connectivity index (χ3v) is 4.05. The van der Waals surface area contributed by atoms with Gasteiger partial charge in [0.05, 0.1) is 13.2 Å². The van der Waals surface area contributed by atoms with E-state index in [4.69, 9.17) is 0 Å². The number of hydrogen-bond donors (Lipinski definition) is 2. The van der Waals surface area contributed by atoms with E-state index in [0.717, 1.165) is 11.0 Å². The molecule has 8 heteroatoms. The molecule has 4 aromatic rings. The van der Waals surface area contributed by atoms with Crippen molar-refractivity contribution in [1.82, 2.24) is 29.8 Å². The van der Waals surface area contributed by atoms with E-state index in [1.54, 1.807) is 9.48 Å². The van der Waals surface area contributed by atoms with Crippen molar-refractivity contribution < 1.29 is 10.2 Å². The molecule has 26 heavy (non-hydrogen) atoms.